The zero-order chi connectivity index (χ0) is 51.4. The molecule has 0 fully saturated rings. The van der Waals surface area contributed by atoms with Crippen molar-refractivity contribution >= 4 is 17.9 Å². The summed E-state index contributed by atoms with van der Waals surface area (Å²) >= 11 is 0. The average molecular weight is 990 g/mol. The summed E-state index contributed by atoms with van der Waals surface area (Å²) in [6.07, 6.45) is 77.4. The quantitative estimate of drug-likeness (QED) is 0.0261. The summed E-state index contributed by atoms with van der Waals surface area (Å²) in [5, 5.41) is 0. The zero-order valence-electron chi connectivity index (χ0n) is 46.7. The molecule has 1 atom stereocenters. The van der Waals surface area contributed by atoms with Crippen LogP contribution in [0, 0.1) is 0 Å². The number of carbonyl (C=O) groups excluding carboxylic acids is 3. The Bertz CT molecular complexity index is 1370. The first-order chi connectivity index (χ1) is 35.0. The molecule has 0 rings (SSSR count). The Kier molecular flexibility index (Phi) is 56.3. The molecule has 0 bridgehead atoms. The Morgan fingerprint density at radius 3 is 0.887 bits per heavy atom. The van der Waals surface area contributed by atoms with E-state index in [1.54, 1.807) is 0 Å². The Hall–Kier alpha value is -3.41. The second-order valence-electron chi connectivity index (χ2n) is 19.9. The van der Waals surface area contributed by atoms with Crippen molar-refractivity contribution in [3.05, 3.63) is 85.1 Å². The van der Waals surface area contributed by atoms with Crippen molar-refractivity contribution in [3.63, 3.8) is 0 Å². The van der Waals surface area contributed by atoms with Gasteiger partial charge in [-0.25, -0.2) is 0 Å². The first kappa shape index (κ1) is 67.6. The van der Waals surface area contributed by atoms with Crippen LogP contribution in [0.4, 0.5) is 0 Å². The standard InChI is InChI=1S/C65H112O6/c1-4-7-10-13-16-19-21-23-25-26-27-28-29-30-31-32-33-34-35-36-37-38-40-41-43-46-49-52-55-58-64(67)70-61-62(60-69-63(66)57-54-51-48-45-18-15-12-9-6-3)71-65(68)59-56-53-50-47-44-42-39-24-22-20-17-14-11-8-5-2/h7,10,16-17,19-20,23-25,27-28,30-31,39,62H,4-6,8-9,11-15,18,21-22,26,29,32-38,40-61H2,1-3H3/b10-7-,19-16-,20-17-,25-23-,28-27-,31-30-,39-24-. The molecule has 0 amide bonds. The van der Waals surface area contributed by atoms with Crippen LogP contribution >= 0.6 is 0 Å². The van der Waals surface area contributed by atoms with Gasteiger partial charge in [0.25, 0.3) is 0 Å². The lowest BCUT2D eigenvalue weighted by molar-refractivity contribution is -0.167. The number of hydrogen-bond donors (Lipinski definition) is 0. The van der Waals surface area contributed by atoms with Crippen LogP contribution in [0.1, 0.15) is 290 Å². The summed E-state index contributed by atoms with van der Waals surface area (Å²) in [6, 6.07) is 0. The molecule has 6 heteroatoms. The fourth-order valence-electron chi connectivity index (χ4n) is 8.38. The van der Waals surface area contributed by atoms with Gasteiger partial charge in [-0.1, -0.05) is 260 Å². The predicted molar refractivity (Wildman–Crippen MR) is 307 cm³/mol. The lowest BCUT2D eigenvalue weighted by atomic mass is 10.0. The molecular weight excluding hydrogens is 877 g/mol. The fourth-order valence-corrected chi connectivity index (χ4v) is 8.38. The number of unbranched alkanes of at least 4 members (excludes halogenated alkanes) is 29. The van der Waals surface area contributed by atoms with Gasteiger partial charge in [-0.05, 0) is 96.3 Å². The topological polar surface area (TPSA) is 78.9 Å². The van der Waals surface area contributed by atoms with Gasteiger partial charge in [0.15, 0.2) is 6.10 Å². The molecule has 0 saturated carbocycles. The molecule has 0 aromatic rings. The fraction of sp³-hybridized carbons (Fsp3) is 0.738. The van der Waals surface area contributed by atoms with Crippen LogP contribution in [0.25, 0.3) is 0 Å². The minimum Gasteiger partial charge on any atom is -0.462 e. The average Bonchev–Trinajstić information content (AvgIpc) is 3.37. The first-order valence-electron chi connectivity index (χ1n) is 30.1. The van der Waals surface area contributed by atoms with E-state index < -0.39 is 6.10 Å². The van der Waals surface area contributed by atoms with Crippen LogP contribution < -0.4 is 0 Å². The highest BCUT2D eigenvalue weighted by Crippen LogP contribution is 2.16. The molecule has 0 aliphatic carbocycles. The monoisotopic (exact) mass is 989 g/mol. The van der Waals surface area contributed by atoms with Gasteiger partial charge in [0, 0.05) is 19.3 Å². The van der Waals surface area contributed by atoms with Gasteiger partial charge >= 0.3 is 17.9 Å². The summed E-state index contributed by atoms with van der Waals surface area (Å²) in [7, 11) is 0. The third-order valence-electron chi connectivity index (χ3n) is 12.9. The number of rotatable bonds is 54. The predicted octanol–water partition coefficient (Wildman–Crippen LogP) is 20.3. The summed E-state index contributed by atoms with van der Waals surface area (Å²) < 4.78 is 16.8. The maximum Gasteiger partial charge on any atom is 0.306 e. The Morgan fingerprint density at radius 2 is 0.549 bits per heavy atom. The molecule has 1 unspecified atom stereocenters. The Balaban J connectivity index is 4.17. The Labute approximate surface area is 439 Å². The minimum atomic E-state index is -0.781. The molecule has 0 saturated heterocycles. The van der Waals surface area contributed by atoms with Crippen molar-refractivity contribution in [2.24, 2.45) is 0 Å². The lowest BCUT2D eigenvalue weighted by Gasteiger charge is -2.18. The minimum absolute atomic E-state index is 0.0795. The first-order valence-corrected chi connectivity index (χ1v) is 30.1. The highest BCUT2D eigenvalue weighted by molar-refractivity contribution is 5.71. The largest absolute Gasteiger partial charge is 0.462 e. The van der Waals surface area contributed by atoms with Crippen LogP contribution in [0.2, 0.25) is 0 Å². The van der Waals surface area contributed by atoms with E-state index >= 15 is 0 Å². The van der Waals surface area contributed by atoms with Crippen LogP contribution in [0.5, 0.6) is 0 Å². The molecule has 0 aromatic heterocycles. The third kappa shape index (κ3) is 57.4. The van der Waals surface area contributed by atoms with E-state index in [0.717, 1.165) is 116 Å². The van der Waals surface area contributed by atoms with E-state index in [1.807, 2.05) is 0 Å². The SMILES string of the molecule is CC/C=C\C/C=C\C/C=C\C/C=C\C/C=C\CCCCCCCCCCCCCCCC(=O)OCC(COC(=O)CCCCCCCCCCC)OC(=O)CCCCCCC/C=C\C/C=C\CCCCC. The summed E-state index contributed by atoms with van der Waals surface area (Å²) in [5.74, 6) is -0.890. The zero-order valence-corrected chi connectivity index (χ0v) is 46.7. The van der Waals surface area contributed by atoms with E-state index in [0.29, 0.717) is 19.3 Å². The van der Waals surface area contributed by atoms with E-state index in [4.69, 9.17) is 14.2 Å². The molecular formula is C65H112O6. The van der Waals surface area contributed by atoms with Crippen molar-refractivity contribution in [3.8, 4) is 0 Å². The van der Waals surface area contributed by atoms with Crippen molar-refractivity contribution < 1.29 is 28.6 Å². The molecule has 408 valence electrons. The van der Waals surface area contributed by atoms with Crippen molar-refractivity contribution in [2.75, 3.05) is 13.2 Å². The molecule has 0 heterocycles. The van der Waals surface area contributed by atoms with Crippen LogP contribution in [0.15, 0.2) is 85.1 Å². The van der Waals surface area contributed by atoms with Crippen LogP contribution in [-0.4, -0.2) is 37.2 Å². The molecule has 0 radical (unpaired) electrons. The summed E-state index contributed by atoms with van der Waals surface area (Å²) in [6.45, 7) is 6.48. The van der Waals surface area contributed by atoms with Gasteiger partial charge in [0.2, 0.25) is 0 Å². The number of hydrogen-bond acceptors (Lipinski definition) is 6. The molecule has 0 N–H and O–H groups in total. The van der Waals surface area contributed by atoms with E-state index in [-0.39, 0.29) is 31.1 Å². The van der Waals surface area contributed by atoms with Crippen molar-refractivity contribution in [1.29, 1.82) is 0 Å². The second-order valence-corrected chi connectivity index (χ2v) is 19.9. The van der Waals surface area contributed by atoms with Gasteiger partial charge in [-0.2, -0.15) is 0 Å². The highest BCUT2D eigenvalue weighted by atomic mass is 16.6. The van der Waals surface area contributed by atoms with Gasteiger partial charge < -0.3 is 14.2 Å². The molecule has 0 spiro atoms. The lowest BCUT2D eigenvalue weighted by Crippen LogP contribution is -2.30. The highest BCUT2D eigenvalue weighted by Gasteiger charge is 2.19. The maximum absolute atomic E-state index is 12.8. The molecule has 0 aromatic carbocycles. The third-order valence-corrected chi connectivity index (χ3v) is 12.9. The van der Waals surface area contributed by atoms with E-state index in [9.17, 15) is 14.4 Å². The van der Waals surface area contributed by atoms with E-state index in [1.165, 1.54) is 135 Å². The van der Waals surface area contributed by atoms with Gasteiger partial charge in [-0.15, -0.1) is 0 Å². The molecule has 0 aliphatic heterocycles. The van der Waals surface area contributed by atoms with Crippen molar-refractivity contribution in [2.45, 2.75) is 297 Å². The van der Waals surface area contributed by atoms with Gasteiger partial charge in [0.1, 0.15) is 13.2 Å². The maximum atomic E-state index is 12.8. The smallest absolute Gasteiger partial charge is 0.306 e. The van der Waals surface area contributed by atoms with E-state index in [2.05, 4.69) is 106 Å². The molecule has 0 aliphatic rings. The van der Waals surface area contributed by atoms with Gasteiger partial charge in [0.05, 0.1) is 0 Å². The normalized spacial score (nSPS) is 12.7. The van der Waals surface area contributed by atoms with Crippen LogP contribution in [-0.2, 0) is 28.6 Å². The number of esters is 3. The molecule has 6 nitrogen and oxygen atoms in total. The number of carbonyl (C=O) groups is 3. The summed E-state index contributed by atoms with van der Waals surface area (Å²) in [5.41, 5.74) is 0. The van der Waals surface area contributed by atoms with Crippen LogP contribution in [0.3, 0.4) is 0 Å². The van der Waals surface area contributed by atoms with Crippen molar-refractivity contribution in [1.82, 2.24) is 0 Å². The Morgan fingerprint density at radius 1 is 0.296 bits per heavy atom. The number of allylic oxidation sites excluding steroid dienone is 14. The molecule has 71 heavy (non-hydrogen) atoms. The second kappa shape index (κ2) is 59.2. The number of ether oxygens (including phenoxy) is 3. The summed E-state index contributed by atoms with van der Waals surface area (Å²) in [4.78, 5) is 38.1. The van der Waals surface area contributed by atoms with Gasteiger partial charge in [-0.3, -0.25) is 14.4 Å².